The molecule has 5 aromatic rings. The minimum Gasteiger partial charge on any atom is -0.311 e. The monoisotopic (exact) mass is 417 g/mol. The van der Waals surface area contributed by atoms with Gasteiger partial charge in [-0.15, -0.1) is 0 Å². The Hall–Kier alpha value is -4.38. The number of allylic oxidation sites excluding steroid dienone is 1. The maximum absolute atomic E-state index is 13.4. The van der Waals surface area contributed by atoms with Crippen molar-refractivity contribution in [3.8, 4) is 11.1 Å². The molecule has 0 fully saturated rings. The van der Waals surface area contributed by atoms with Crippen molar-refractivity contribution >= 4 is 33.8 Å². The third kappa shape index (κ3) is 3.30. The zero-order valence-electron chi connectivity index (χ0n) is 17.4. The number of rotatable bonds is 4. The van der Waals surface area contributed by atoms with E-state index in [4.69, 9.17) is 0 Å². The molecule has 0 spiro atoms. The molecule has 0 bridgehead atoms. The van der Waals surface area contributed by atoms with Crippen molar-refractivity contribution in [3.05, 3.63) is 113 Å². The summed E-state index contributed by atoms with van der Waals surface area (Å²) in [5.74, 6) is -0.351. The fourth-order valence-corrected chi connectivity index (χ4v) is 4.03. The molecule has 32 heavy (non-hydrogen) atoms. The summed E-state index contributed by atoms with van der Waals surface area (Å²) in [6.07, 6.45) is 6.39. The smallest absolute Gasteiger partial charge is 0.262 e. The van der Waals surface area contributed by atoms with Crippen LogP contribution in [0.4, 0.5) is 0 Å². The Bertz CT molecular complexity index is 1560. The zero-order valence-corrected chi connectivity index (χ0v) is 17.4. The SMILES string of the molecule is Cn1c(=O)c(C(=O)/C=C/c2cccc3nccnc23)c(-c2ccccc2)c2ccccc21. The summed E-state index contributed by atoms with van der Waals surface area (Å²) in [5.41, 5.74) is 4.30. The first-order chi connectivity index (χ1) is 15.6. The van der Waals surface area contributed by atoms with Gasteiger partial charge >= 0.3 is 0 Å². The highest BCUT2D eigenvalue weighted by Crippen LogP contribution is 2.30. The molecule has 154 valence electrons. The average Bonchev–Trinajstić information content (AvgIpc) is 2.85. The Morgan fingerprint density at radius 2 is 1.62 bits per heavy atom. The normalized spacial score (nSPS) is 11.4. The van der Waals surface area contributed by atoms with E-state index in [1.54, 1.807) is 25.5 Å². The molecule has 5 heteroatoms. The van der Waals surface area contributed by atoms with Crippen molar-refractivity contribution in [3.63, 3.8) is 0 Å². The van der Waals surface area contributed by atoms with Crippen molar-refractivity contribution in [2.24, 2.45) is 7.05 Å². The number of pyridine rings is 1. The van der Waals surface area contributed by atoms with Gasteiger partial charge in [0.05, 0.1) is 22.1 Å². The summed E-state index contributed by atoms with van der Waals surface area (Å²) in [4.78, 5) is 35.4. The number of para-hydroxylation sites is 2. The molecule has 2 heterocycles. The van der Waals surface area contributed by atoms with Gasteiger partial charge in [0.25, 0.3) is 5.56 Å². The second-order valence-electron chi connectivity index (χ2n) is 7.47. The number of aryl methyl sites for hydroxylation is 1. The Kier molecular flexibility index (Phi) is 4.92. The van der Waals surface area contributed by atoms with Crippen LogP contribution in [0.3, 0.4) is 0 Å². The van der Waals surface area contributed by atoms with Gasteiger partial charge in [-0.25, -0.2) is 0 Å². The Morgan fingerprint density at radius 1 is 0.875 bits per heavy atom. The maximum atomic E-state index is 13.4. The van der Waals surface area contributed by atoms with Gasteiger partial charge in [0.15, 0.2) is 5.78 Å². The van der Waals surface area contributed by atoms with Crippen LogP contribution in [0.2, 0.25) is 0 Å². The van der Waals surface area contributed by atoms with E-state index in [1.807, 2.05) is 72.8 Å². The lowest BCUT2D eigenvalue weighted by Crippen LogP contribution is -2.25. The summed E-state index contributed by atoms with van der Waals surface area (Å²) in [5, 5.41) is 0.855. The quantitative estimate of drug-likeness (QED) is 0.303. The molecule has 5 rings (SSSR count). The van der Waals surface area contributed by atoms with Crippen LogP contribution >= 0.6 is 0 Å². The summed E-state index contributed by atoms with van der Waals surface area (Å²) in [7, 11) is 1.69. The molecule has 0 saturated carbocycles. The highest BCUT2D eigenvalue weighted by molar-refractivity contribution is 6.15. The predicted octanol–water partition coefficient (Wildman–Crippen LogP) is 5.04. The largest absolute Gasteiger partial charge is 0.311 e. The van der Waals surface area contributed by atoms with Crippen LogP contribution in [-0.2, 0) is 7.05 Å². The van der Waals surface area contributed by atoms with Gasteiger partial charge in [0.1, 0.15) is 0 Å². The third-order valence-corrected chi connectivity index (χ3v) is 5.56. The van der Waals surface area contributed by atoms with E-state index in [0.29, 0.717) is 11.1 Å². The number of fused-ring (bicyclic) bond motifs is 2. The molecule has 0 amide bonds. The third-order valence-electron chi connectivity index (χ3n) is 5.56. The van der Waals surface area contributed by atoms with Crippen molar-refractivity contribution in [1.82, 2.24) is 14.5 Å². The van der Waals surface area contributed by atoms with Crippen LogP contribution in [-0.4, -0.2) is 20.3 Å². The van der Waals surface area contributed by atoms with Crippen LogP contribution < -0.4 is 5.56 Å². The molecular weight excluding hydrogens is 398 g/mol. The number of aromatic nitrogens is 3. The van der Waals surface area contributed by atoms with Crippen LogP contribution in [0.1, 0.15) is 15.9 Å². The fraction of sp³-hybridized carbons (Fsp3) is 0.0370. The molecule has 0 aliphatic rings. The number of ketones is 1. The van der Waals surface area contributed by atoms with E-state index in [-0.39, 0.29) is 16.9 Å². The molecule has 0 atom stereocenters. The minimum absolute atomic E-state index is 0.153. The van der Waals surface area contributed by atoms with Gasteiger partial charge in [-0.3, -0.25) is 19.6 Å². The molecule has 0 aliphatic carbocycles. The predicted molar refractivity (Wildman–Crippen MR) is 128 cm³/mol. The van der Waals surface area contributed by atoms with Crippen molar-refractivity contribution < 1.29 is 4.79 Å². The Labute approximate surface area is 184 Å². The lowest BCUT2D eigenvalue weighted by molar-refractivity contribution is 0.104. The van der Waals surface area contributed by atoms with Crippen LogP contribution in [0, 0.1) is 0 Å². The molecule has 2 aromatic heterocycles. The first-order valence-electron chi connectivity index (χ1n) is 10.2. The van der Waals surface area contributed by atoms with E-state index >= 15 is 0 Å². The van der Waals surface area contributed by atoms with Gasteiger partial charge in [0.2, 0.25) is 0 Å². The van der Waals surface area contributed by atoms with Crippen molar-refractivity contribution in [1.29, 1.82) is 0 Å². The van der Waals surface area contributed by atoms with Crippen molar-refractivity contribution in [2.75, 3.05) is 0 Å². The molecular formula is C27H19N3O2. The van der Waals surface area contributed by atoms with E-state index in [0.717, 1.165) is 27.5 Å². The second kappa shape index (κ2) is 8.04. The number of carbonyl (C=O) groups excluding carboxylic acids is 1. The van der Waals surface area contributed by atoms with E-state index in [9.17, 15) is 9.59 Å². The van der Waals surface area contributed by atoms with Gasteiger partial charge < -0.3 is 4.57 Å². The molecule has 0 unspecified atom stereocenters. The highest BCUT2D eigenvalue weighted by atomic mass is 16.1. The number of hydrogen-bond donors (Lipinski definition) is 0. The van der Waals surface area contributed by atoms with Gasteiger partial charge in [-0.1, -0.05) is 60.7 Å². The number of benzene rings is 3. The van der Waals surface area contributed by atoms with Crippen LogP contribution in [0.5, 0.6) is 0 Å². The topological polar surface area (TPSA) is 64.8 Å². The van der Waals surface area contributed by atoms with Gasteiger partial charge in [-0.05, 0) is 29.8 Å². The van der Waals surface area contributed by atoms with E-state index in [1.165, 1.54) is 10.6 Å². The minimum atomic E-state index is -0.351. The maximum Gasteiger partial charge on any atom is 0.262 e. The van der Waals surface area contributed by atoms with E-state index < -0.39 is 0 Å². The lowest BCUT2D eigenvalue weighted by atomic mass is 9.93. The average molecular weight is 417 g/mol. The van der Waals surface area contributed by atoms with Gasteiger partial charge in [0, 0.05) is 36.0 Å². The second-order valence-corrected chi connectivity index (χ2v) is 7.47. The number of carbonyl (C=O) groups is 1. The highest BCUT2D eigenvalue weighted by Gasteiger charge is 2.20. The van der Waals surface area contributed by atoms with Crippen LogP contribution in [0.25, 0.3) is 39.1 Å². The standard InChI is InChI=1S/C27H19N3O2/c1-30-22-13-6-5-11-20(22)24(18-8-3-2-4-9-18)25(27(30)32)23(31)15-14-19-10-7-12-21-26(19)29-17-16-28-21/h2-17H,1H3/b15-14+. The number of hydrogen-bond acceptors (Lipinski definition) is 4. The zero-order chi connectivity index (χ0) is 22.1. The molecule has 3 aromatic carbocycles. The number of nitrogens with zero attached hydrogens (tertiary/aromatic N) is 3. The Morgan fingerprint density at radius 3 is 2.47 bits per heavy atom. The first-order valence-corrected chi connectivity index (χ1v) is 10.2. The van der Waals surface area contributed by atoms with Crippen LogP contribution in [0.15, 0.2) is 96.1 Å². The summed E-state index contributed by atoms with van der Waals surface area (Å²) >= 11 is 0. The summed E-state index contributed by atoms with van der Waals surface area (Å²) < 4.78 is 1.53. The molecule has 5 nitrogen and oxygen atoms in total. The van der Waals surface area contributed by atoms with Gasteiger partial charge in [-0.2, -0.15) is 0 Å². The Balaban J connectivity index is 1.71. The lowest BCUT2D eigenvalue weighted by Gasteiger charge is -2.14. The molecule has 0 N–H and O–H groups in total. The fourth-order valence-electron chi connectivity index (χ4n) is 4.03. The molecule has 0 aliphatic heterocycles. The molecule has 0 radical (unpaired) electrons. The summed E-state index contributed by atoms with van der Waals surface area (Å²) in [6, 6.07) is 22.8. The molecule has 0 saturated heterocycles. The van der Waals surface area contributed by atoms with E-state index in [2.05, 4.69) is 9.97 Å². The summed E-state index contributed by atoms with van der Waals surface area (Å²) in [6.45, 7) is 0. The first kappa shape index (κ1) is 19.6. The van der Waals surface area contributed by atoms with Crippen molar-refractivity contribution in [2.45, 2.75) is 0 Å².